The number of aromatic nitrogens is 1. The molecule has 0 aliphatic rings. The van der Waals surface area contributed by atoms with Crippen molar-refractivity contribution in [2.45, 2.75) is 12.1 Å². The maximum atomic E-state index is 12.7. The van der Waals surface area contributed by atoms with Gasteiger partial charge in [-0.15, -0.1) is 0 Å². The molecule has 1 rings (SSSR count). The smallest absolute Gasteiger partial charge is 0.461 e. The molecule has 0 amide bonds. The fourth-order valence-corrected chi connectivity index (χ4v) is 1.09. The van der Waals surface area contributed by atoms with Gasteiger partial charge >= 0.3 is 12.1 Å². The Labute approximate surface area is 109 Å². The Bertz CT molecular complexity index is 522. The molecule has 0 spiro atoms. The fourth-order valence-electron chi connectivity index (χ4n) is 1.09. The molecule has 0 bridgehead atoms. The third-order valence-corrected chi connectivity index (χ3v) is 2.17. The summed E-state index contributed by atoms with van der Waals surface area (Å²) in [6, 6.07) is 2.36. The maximum absolute atomic E-state index is 12.7. The highest BCUT2D eigenvalue weighted by molar-refractivity contribution is 6.00. The van der Waals surface area contributed by atoms with Crippen molar-refractivity contribution in [3.05, 3.63) is 30.0 Å². The Morgan fingerprint density at radius 1 is 1.30 bits per heavy atom. The number of carbonyl (C=O) groups excluding carboxylic acids is 1. The van der Waals surface area contributed by atoms with Gasteiger partial charge in [0.25, 0.3) is 0 Å². The number of alkyl halides is 5. The zero-order valence-electron chi connectivity index (χ0n) is 9.91. The standard InChI is InChI=1S/C11H8F5NO3/c1-20-9-3-2-6(5-17-9)7(18)4-8(19)10(12,13)11(14,15)16/h2-5,18H,1H3/b7-4-. The van der Waals surface area contributed by atoms with Crippen LogP contribution >= 0.6 is 0 Å². The topological polar surface area (TPSA) is 59.4 Å². The molecule has 0 saturated heterocycles. The summed E-state index contributed by atoms with van der Waals surface area (Å²) in [6.07, 6.45) is -5.28. The highest BCUT2D eigenvalue weighted by atomic mass is 19.4. The average Bonchev–Trinajstić information content (AvgIpc) is 2.37. The minimum absolute atomic E-state index is 0.133. The molecule has 9 heteroatoms. The van der Waals surface area contributed by atoms with E-state index in [2.05, 4.69) is 9.72 Å². The predicted molar refractivity (Wildman–Crippen MR) is 57.4 cm³/mol. The molecule has 0 unspecified atom stereocenters. The minimum atomic E-state index is -6.03. The van der Waals surface area contributed by atoms with Crippen molar-refractivity contribution in [3.63, 3.8) is 0 Å². The second-order valence-corrected chi connectivity index (χ2v) is 3.56. The second-order valence-electron chi connectivity index (χ2n) is 3.56. The number of aliphatic hydroxyl groups excluding tert-OH is 1. The van der Waals surface area contributed by atoms with Gasteiger partial charge in [-0.25, -0.2) is 4.98 Å². The van der Waals surface area contributed by atoms with E-state index in [9.17, 15) is 31.9 Å². The molecule has 1 heterocycles. The van der Waals surface area contributed by atoms with Gasteiger partial charge in [0.1, 0.15) is 5.76 Å². The van der Waals surface area contributed by atoms with Gasteiger partial charge in [-0.1, -0.05) is 0 Å². The van der Waals surface area contributed by atoms with Crippen LogP contribution in [0.2, 0.25) is 0 Å². The molecule has 0 aliphatic carbocycles. The van der Waals surface area contributed by atoms with Crippen molar-refractivity contribution in [3.8, 4) is 5.88 Å². The highest BCUT2D eigenvalue weighted by Crippen LogP contribution is 2.36. The van der Waals surface area contributed by atoms with Crippen LogP contribution in [0.4, 0.5) is 22.0 Å². The van der Waals surface area contributed by atoms with Crippen LogP contribution in [0, 0.1) is 0 Å². The number of nitrogens with zero attached hydrogens (tertiary/aromatic N) is 1. The molecule has 1 N–H and O–H groups in total. The summed E-state index contributed by atoms with van der Waals surface area (Å²) in [5.74, 6) is -9.07. The van der Waals surface area contributed by atoms with Gasteiger partial charge in [-0.05, 0) is 6.07 Å². The molecule has 0 saturated carbocycles. The van der Waals surface area contributed by atoms with Gasteiger partial charge in [0.05, 0.1) is 7.11 Å². The Morgan fingerprint density at radius 3 is 2.30 bits per heavy atom. The van der Waals surface area contributed by atoms with Crippen molar-refractivity contribution in [1.29, 1.82) is 0 Å². The number of hydrogen-bond acceptors (Lipinski definition) is 4. The molecule has 1 aromatic rings. The van der Waals surface area contributed by atoms with Crippen molar-refractivity contribution in [2.75, 3.05) is 7.11 Å². The summed E-state index contributed by atoms with van der Waals surface area (Å²) >= 11 is 0. The number of ketones is 1. The highest BCUT2D eigenvalue weighted by Gasteiger charge is 2.62. The Hall–Kier alpha value is -2.19. The summed E-state index contributed by atoms with van der Waals surface area (Å²) in [5, 5.41) is 9.34. The van der Waals surface area contributed by atoms with Gasteiger partial charge in [0, 0.05) is 23.9 Å². The lowest BCUT2D eigenvalue weighted by atomic mass is 10.1. The first-order valence-electron chi connectivity index (χ1n) is 4.99. The molecule has 0 fully saturated rings. The van der Waals surface area contributed by atoms with E-state index in [0.717, 1.165) is 12.3 Å². The first-order valence-corrected chi connectivity index (χ1v) is 4.99. The molecule has 1 aromatic heterocycles. The second kappa shape index (κ2) is 5.43. The first kappa shape index (κ1) is 15.9. The van der Waals surface area contributed by atoms with E-state index in [1.165, 1.54) is 13.2 Å². The van der Waals surface area contributed by atoms with Crippen LogP contribution in [-0.4, -0.2) is 35.1 Å². The molecule has 0 radical (unpaired) electrons. The van der Waals surface area contributed by atoms with Crippen molar-refractivity contribution >= 4 is 11.5 Å². The lowest BCUT2D eigenvalue weighted by Gasteiger charge is -2.16. The lowest BCUT2D eigenvalue weighted by Crippen LogP contribution is -2.43. The minimum Gasteiger partial charge on any atom is -0.507 e. The van der Waals surface area contributed by atoms with E-state index in [4.69, 9.17) is 0 Å². The largest absolute Gasteiger partial charge is 0.507 e. The van der Waals surface area contributed by atoms with Gasteiger partial charge < -0.3 is 9.84 Å². The van der Waals surface area contributed by atoms with E-state index in [0.29, 0.717) is 0 Å². The van der Waals surface area contributed by atoms with Gasteiger partial charge in [0.2, 0.25) is 11.7 Å². The number of ether oxygens (including phenoxy) is 1. The zero-order valence-corrected chi connectivity index (χ0v) is 9.91. The van der Waals surface area contributed by atoms with Crippen LogP contribution in [0.3, 0.4) is 0 Å². The van der Waals surface area contributed by atoms with Gasteiger partial charge in [-0.2, -0.15) is 22.0 Å². The number of methoxy groups -OCH3 is 1. The molecule has 0 aliphatic heterocycles. The summed E-state index contributed by atoms with van der Waals surface area (Å²) in [7, 11) is 1.30. The predicted octanol–water partition coefficient (Wildman–Crippen LogP) is 2.76. The Balaban J connectivity index is 3.01. The van der Waals surface area contributed by atoms with Crippen LogP contribution in [-0.2, 0) is 4.79 Å². The molecule has 0 aromatic carbocycles. The number of rotatable bonds is 4. The van der Waals surface area contributed by atoms with Crippen molar-refractivity contribution in [1.82, 2.24) is 4.98 Å². The number of aliphatic hydroxyl groups is 1. The number of allylic oxidation sites excluding steroid dienone is 1. The molecular formula is C11H8F5NO3. The van der Waals surface area contributed by atoms with E-state index < -0.39 is 23.6 Å². The molecule has 110 valence electrons. The first-order chi connectivity index (χ1) is 9.09. The Kier molecular flexibility index (Phi) is 4.31. The van der Waals surface area contributed by atoms with E-state index >= 15 is 0 Å². The average molecular weight is 297 g/mol. The number of hydrogen-bond donors (Lipinski definition) is 1. The summed E-state index contributed by atoms with van der Waals surface area (Å²) < 4.78 is 65.8. The summed E-state index contributed by atoms with van der Waals surface area (Å²) in [4.78, 5) is 14.5. The number of carbonyl (C=O) groups is 1. The van der Waals surface area contributed by atoms with Crippen LogP contribution < -0.4 is 4.74 Å². The lowest BCUT2D eigenvalue weighted by molar-refractivity contribution is -0.266. The van der Waals surface area contributed by atoms with E-state index in [1.54, 1.807) is 0 Å². The Morgan fingerprint density at radius 2 is 1.90 bits per heavy atom. The van der Waals surface area contributed by atoms with Gasteiger partial charge in [0.15, 0.2) is 0 Å². The van der Waals surface area contributed by atoms with Crippen LogP contribution in [0.15, 0.2) is 24.4 Å². The number of halogens is 5. The molecule has 4 nitrogen and oxygen atoms in total. The molecule has 0 atom stereocenters. The van der Waals surface area contributed by atoms with Crippen molar-refractivity contribution < 1.29 is 36.6 Å². The monoisotopic (exact) mass is 297 g/mol. The summed E-state index contributed by atoms with van der Waals surface area (Å²) in [6.45, 7) is 0. The number of pyridine rings is 1. The van der Waals surface area contributed by atoms with Crippen LogP contribution in [0.5, 0.6) is 5.88 Å². The third-order valence-electron chi connectivity index (χ3n) is 2.17. The van der Waals surface area contributed by atoms with Crippen molar-refractivity contribution in [2.24, 2.45) is 0 Å². The van der Waals surface area contributed by atoms with E-state index in [-0.39, 0.29) is 17.5 Å². The quantitative estimate of drug-likeness (QED) is 0.527. The van der Waals surface area contributed by atoms with E-state index in [1.807, 2.05) is 0 Å². The molecule has 20 heavy (non-hydrogen) atoms. The fraction of sp³-hybridized carbons (Fsp3) is 0.273. The van der Waals surface area contributed by atoms with Crippen LogP contribution in [0.25, 0.3) is 5.76 Å². The van der Waals surface area contributed by atoms with Gasteiger partial charge in [-0.3, -0.25) is 4.79 Å². The van der Waals surface area contributed by atoms with Crippen LogP contribution in [0.1, 0.15) is 5.56 Å². The summed E-state index contributed by atoms with van der Waals surface area (Å²) in [5.41, 5.74) is -0.211. The molecular weight excluding hydrogens is 289 g/mol. The zero-order chi connectivity index (χ0) is 15.6. The SMILES string of the molecule is COc1ccc(/C(O)=C/C(=O)C(F)(F)C(F)(F)F)cn1. The maximum Gasteiger partial charge on any atom is 0.461 e. The normalized spacial score (nSPS) is 13.2. The third kappa shape index (κ3) is 3.22.